The Balaban J connectivity index is 1.71. The van der Waals surface area contributed by atoms with Gasteiger partial charge >= 0.3 is 0 Å². The zero-order valence-corrected chi connectivity index (χ0v) is 16.4. The molecule has 138 valence electrons. The molecule has 0 aliphatic carbocycles. The van der Waals surface area contributed by atoms with E-state index in [9.17, 15) is 0 Å². The Morgan fingerprint density at radius 1 is 0.267 bits per heavy atom. The van der Waals surface area contributed by atoms with Gasteiger partial charge in [0.05, 0.1) is 0 Å². The molecule has 0 saturated carbocycles. The number of hydrogen-bond donors (Lipinski definition) is 0. The summed E-state index contributed by atoms with van der Waals surface area (Å²) in [6.45, 7) is 0. The van der Waals surface area contributed by atoms with Gasteiger partial charge in [0.15, 0.2) is 0 Å². The summed E-state index contributed by atoms with van der Waals surface area (Å²) in [5.41, 5.74) is 0. The van der Waals surface area contributed by atoms with Crippen LogP contribution in [0.2, 0.25) is 0 Å². The third-order valence-electron chi connectivity index (χ3n) is 6.55. The molecule has 0 heteroatoms. The largest absolute Gasteiger partial charge is 0.0616 e. The fourth-order valence-corrected chi connectivity index (χ4v) is 5.08. The van der Waals surface area contributed by atoms with Gasteiger partial charge in [0.1, 0.15) is 0 Å². The Morgan fingerprint density at radius 3 is 1.53 bits per heavy atom. The summed E-state index contributed by atoms with van der Waals surface area (Å²) in [6, 6.07) is 40.3. The lowest BCUT2D eigenvalue weighted by molar-refractivity contribution is 1.78. The summed E-state index contributed by atoms with van der Waals surface area (Å²) in [4.78, 5) is 0. The minimum Gasteiger partial charge on any atom is -0.0616 e. The Morgan fingerprint density at radius 2 is 0.767 bits per heavy atom. The highest BCUT2D eigenvalue weighted by Crippen LogP contribution is 2.37. The van der Waals surface area contributed by atoms with Crippen molar-refractivity contribution in [3.8, 4) is 0 Å². The van der Waals surface area contributed by atoms with E-state index >= 15 is 0 Å². The van der Waals surface area contributed by atoms with Gasteiger partial charge in [-0.3, -0.25) is 0 Å². The monoisotopic (exact) mass is 378 g/mol. The molecular formula is C30H18. The molecule has 7 aromatic rings. The maximum Gasteiger partial charge on any atom is -0.00266 e. The van der Waals surface area contributed by atoms with Crippen LogP contribution in [0.25, 0.3) is 64.6 Å². The lowest BCUT2D eigenvalue weighted by Gasteiger charge is -2.11. The Labute approximate surface area is 174 Å². The van der Waals surface area contributed by atoms with E-state index in [0.29, 0.717) is 0 Å². The molecule has 0 amide bonds. The molecule has 0 aromatic heterocycles. The molecule has 0 aliphatic heterocycles. The predicted octanol–water partition coefficient (Wildman–Crippen LogP) is 8.61. The van der Waals surface area contributed by atoms with Crippen molar-refractivity contribution in [3.63, 3.8) is 0 Å². The summed E-state index contributed by atoms with van der Waals surface area (Å²) in [7, 11) is 0. The molecule has 0 unspecified atom stereocenters. The van der Waals surface area contributed by atoms with E-state index < -0.39 is 0 Å². The van der Waals surface area contributed by atoms with E-state index in [2.05, 4.69) is 109 Å². The molecule has 0 N–H and O–H groups in total. The van der Waals surface area contributed by atoms with Crippen molar-refractivity contribution in [2.45, 2.75) is 0 Å². The summed E-state index contributed by atoms with van der Waals surface area (Å²) >= 11 is 0. The van der Waals surface area contributed by atoms with E-state index in [1.807, 2.05) is 0 Å². The second kappa shape index (κ2) is 5.81. The fourth-order valence-electron chi connectivity index (χ4n) is 5.08. The molecule has 30 heavy (non-hydrogen) atoms. The molecule has 0 radical (unpaired) electrons. The van der Waals surface area contributed by atoms with E-state index in [1.165, 1.54) is 64.6 Å². The van der Waals surface area contributed by atoms with Crippen LogP contribution in [0.15, 0.2) is 109 Å². The first-order valence-corrected chi connectivity index (χ1v) is 10.4. The van der Waals surface area contributed by atoms with Gasteiger partial charge in [0.2, 0.25) is 0 Å². The average molecular weight is 378 g/mol. The highest BCUT2D eigenvalue weighted by molar-refractivity contribution is 6.24. The molecule has 0 bridgehead atoms. The van der Waals surface area contributed by atoms with Crippen LogP contribution < -0.4 is 0 Å². The summed E-state index contributed by atoms with van der Waals surface area (Å²) in [6.07, 6.45) is 0. The van der Waals surface area contributed by atoms with Crippen LogP contribution in [0, 0.1) is 0 Å². The number of rotatable bonds is 0. The maximum absolute atomic E-state index is 2.41. The van der Waals surface area contributed by atoms with Gasteiger partial charge in [0.25, 0.3) is 0 Å². The normalized spacial score (nSPS) is 12.0. The minimum atomic E-state index is 1.29. The van der Waals surface area contributed by atoms with Gasteiger partial charge in [-0.25, -0.2) is 0 Å². The van der Waals surface area contributed by atoms with Crippen LogP contribution in [0.3, 0.4) is 0 Å². The van der Waals surface area contributed by atoms with E-state index in [0.717, 1.165) is 0 Å². The summed E-state index contributed by atoms with van der Waals surface area (Å²) in [5.74, 6) is 0. The smallest absolute Gasteiger partial charge is 0.00266 e. The molecule has 0 fully saturated rings. The first-order valence-electron chi connectivity index (χ1n) is 10.4. The van der Waals surface area contributed by atoms with Crippen LogP contribution in [0.4, 0.5) is 0 Å². The highest BCUT2D eigenvalue weighted by atomic mass is 14.1. The van der Waals surface area contributed by atoms with Crippen molar-refractivity contribution < 1.29 is 0 Å². The standard InChI is InChI=1S/C30H18/c1-2-7-22-17-27-23(15-21(22)6-1)13-14-24-16-25-12-11-20-10-9-19-5-3-4-8-26(19)30(20)29(25)18-28(24)27/h1-18H. The van der Waals surface area contributed by atoms with E-state index in [1.54, 1.807) is 0 Å². The van der Waals surface area contributed by atoms with Gasteiger partial charge in [-0.05, 0) is 88.9 Å². The van der Waals surface area contributed by atoms with Crippen molar-refractivity contribution in [2.75, 3.05) is 0 Å². The van der Waals surface area contributed by atoms with Crippen LogP contribution >= 0.6 is 0 Å². The lowest BCUT2D eigenvalue weighted by atomic mass is 9.92. The second-order valence-corrected chi connectivity index (χ2v) is 8.23. The summed E-state index contributed by atoms with van der Waals surface area (Å²) in [5, 5.41) is 15.7. The number of benzene rings is 7. The number of hydrogen-bond acceptors (Lipinski definition) is 0. The zero-order chi connectivity index (χ0) is 19.7. The molecule has 0 saturated heterocycles. The van der Waals surface area contributed by atoms with Gasteiger partial charge < -0.3 is 0 Å². The molecule has 0 aliphatic rings. The topological polar surface area (TPSA) is 0 Å². The van der Waals surface area contributed by atoms with E-state index in [4.69, 9.17) is 0 Å². The molecule has 0 spiro atoms. The van der Waals surface area contributed by atoms with Gasteiger partial charge in [0, 0.05) is 0 Å². The Bertz CT molecular complexity index is 1790. The third kappa shape index (κ3) is 2.16. The van der Waals surface area contributed by atoms with Gasteiger partial charge in [-0.15, -0.1) is 0 Å². The van der Waals surface area contributed by atoms with Gasteiger partial charge in [-0.1, -0.05) is 84.9 Å². The van der Waals surface area contributed by atoms with Crippen molar-refractivity contribution in [2.24, 2.45) is 0 Å². The van der Waals surface area contributed by atoms with Crippen LogP contribution in [-0.4, -0.2) is 0 Å². The third-order valence-corrected chi connectivity index (χ3v) is 6.55. The van der Waals surface area contributed by atoms with Crippen LogP contribution in [0.5, 0.6) is 0 Å². The Kier molecular flexibility index (Phi) is 3.09. The minimum absolute atomic E-state index is 1.29. The Hall–Kier alpha value is -3.90. The average Bonchev–Trinajstić information content (AvgIpc) is 2.81. The lowest BCUT2D eigenvalue weighted by Crippen LogP contribution is -1.84. The molecule has 7 aromatic carbocycles. The van der Waals surface area contributed by atoms with Gasteiger partial charge in [-0.2, -0.15) is 0 Å². The van der Waals surface area contributed by atoms with Crippen LogP contribution in [-0.2, 0) is 0 Å². The molecular weight excluding hydrogens is 360 g/mol. The quantitative estimate of drug-likeness (QED) is 0.183. The van der Waals surface area contributed by atoms with Crippen LogP contribution in [0.1, 0.15) is 0 Å². The highest BCUT2D eigenvalue weighted by Gasteiger charge is 2.09. The number of fused-ring (bicyclic) bond motifs is 9. The molecule has 0 atom stereocenters. The van der Waals surface area contributed by atoms with Crippen molar-refractivity contribution >= 4 is 64.6 Å². The maximum atomic E-state index is 2.41. The molecule has 0 heterocycles. The zero-order valence-electron chi connectivity index (χ0n) is 16.4. The first kappa shape index (κ1) is 16.0. The van der Waals surface area contributed by atoms with Crippen molar-refractivity contribution in [1.29, 1.82) is 0 Å². The molecule has 7 rings (SSSR count). The van der Waals surface area contributed by atoms with E-state index in [-0.39, 0.29) is 0 Å². The van der Waals surface area contributed by atoms with Crippen molar-refractivity contribution in [1.82, 2.24) is 0 Å². The summed E-state index contributed by atoms with van der Waals surface area (Å²) < 4.78 is 0. The fraction of sp³-hybridized carbons (Fsp3) is 0. The molecule has 0 nitrogen and oxygen atoms in total. The van der Waals surface area contributed by atoms with Crippen molar-refractivity contribution in [3.05, 3.63) is 109 Å². The second-order valence-electron chi connectivity index (χ2n) is 8.23. The predicted molar refractivity (Wildman–Crippen MR) is 131 cm³/mol. The SMILES string of the molecule is c1ccc2cc3c(ccc4cc5ccc6ccc7ccccc7c6c5cc43)cc2c1. The first-order chi connectivity index (χ1) is 14.8.